The second-order valence-corrected chi connectivity index (χ2v) is 7.22. The first kappa shape index (κ1) is 19.9. The van der Waals surface area contributed by atoms with Crippen molar-refractivity contribution in [1.82, 2.24) is 15.1 Å². The van der Waals surface area contributed by atoms with E-state index in [-0.39, 0.29) is 18.0 Å². The molecule has 1 amide bonds. The van der Waals surface area contributed by atoms with Crippen molar-refractivity contribution < 1.29 is 27.1 Å². The maximum Gasteiger partial charge on any atom is 0.220 e. The number of benzene rings is 1. The highest BCUT2D eigenvalue weighted by Gasteiger charge is 2.41. The van der Waals surface area contributed by atoms with Crippen LogP contribution in [0.2, 0.25) is 0 Å². The zero-order chi connectivity index (χ0) is 19.8. The SMILES string of the molecule is COc1c(F)c(F)c(CN2CCN(C)[C@@]3(CCNC(=O)CC3)C2)c(F)c1F. The van der Waals surface area contributed by atoms with Gasteiger partial charge in [0.05, 0.1) is 7.11 Å². The predicted molar refractivity (Wildman–Crippen MR) is 90.3 cm³/mol. The van der Waals surface area contributed by atoms with Gasteiger partial charge >= 0.3 is 0 Å². The van der Waals surface area contributed by atoms with Gasteiger partial charge in [-0.3, -0.25) is 14.6 Å². The Labute approximate surface area is 155 Å². The van der Waals surface area contributed by atoms with E-state index in [9.17, 15) is 22.4 Å². The molecular formula is C18H23F4N3O2. The number of halogens is 4. The largest absolute Gasteiger partial charge is 0.491 e. The van der Waals surface area contributed by atoms with Crippen LogP contribution in [0.3, 0.4) is 0 Å². The molecule has 2 aliphatic rings. The summed E-state index contributed by atoms with van der Waals surface area (Å²) in [5, 5.41) is 2.83. The van der Waals surface area contributed by atoms with Crippen molar-refractivity contribution in [2.45, 2.75) is 31.3 Å². The van der Waals surface area contributed by atoms with Gasteiger partial charge in [-0.1, -0.05) is 0 Å². The van der Waals surface area contributed by atoms with Crippen LogP contribution in [0.4, 0.5) is 17.6 Å². The number of carbonyl (C=O) groups excluding carboxylic acids is 1. The van der Waals surface area contributed by atoms with Crippen LogP contribution >= 0.6 is 0 Å². The number of methoxy groups -OCH3 is 1. The van der Waals surface area contributed by atoms with Crippen LogP contribution < -0.4 is 10.1 Å². The molecule has 150 valence electrons. The lowest BCUT2D eigenvalue weighted by molar-refractivity contribution is -0.121. The first-order valence-corrected chi connectivity index (χ1v) is 8.88. The van der Waals surface area contributed by atoms with Crippen molar-refractivity contribution in [2.24, 2.45) is 0 Å². The summed E-state index contributed by atoms with van der Waals surface area (Å²) in [5.41, 5.74) is -0.971. The van der Waals surface area contributed by atoms with Crippen molar-refractivity contribution in [3.63, 3.8) is 0 Å². The smallest absolute Gasteiger partial charge is 0.220 e. The summed E-state index contributed by atoms with van der Waals surface area (Å²) in [6, 6.07) is 0. The number of likely N-dealkylation sites (N-methyl/N-ethyl adjacent to an activating group) is 1. The van der Waals surface area contributed by atoms with E-state index in [1.807, 2.05) is 7.05 Å². The molecule has 0 aromatic heterocycles. The first-order valence-electron chi connectivity index (χ1n) is 8.88. The fourth-order valence-corrected chi connectivity index (χ4v) is 4.01. The normalized spacial score (nSPS) is 24.7. The van der Waals surface area contributed by atoms with Gasteiger partial charge in [-0.05, 0) is 19.9 Å². The van der Waals surface area contributed by atoms with Crippen LogP contribution in [-0.2, 0) is 11.3 Å². The molecule has 0 bridgehead atoms. The standard InChI is InChI=1S/C18H23F4N3O2/c1-24-7-8-25(10-18(24)4-3-12(26)23-6-5-18)9-11-13(19)15(21)17(27-2)16(22)14(11)20/h3-10H2,1-2H3,(H,23,26)/t18-/m0/s1. The van der Waals surface area contributed by atoms with E-state index >= 15 is 0 Å². The quantitative estimate of drug-likeness (QED) is 0.635. The summed E-state index contributed by atoms with van der Waals surface area (Å²) in [7, 11) is 2.91. The van der Waals surface area contributed by atoms with E-state index in [1.165, 1.54) is 0 Å². The van der Waals surface area contributed by atoms with Crippen molar-refractivity contribution in [2.75, 3.05) is 40.3 Å². The van der Waals surface area contributed by atoms with Crippen LogP contribution in [-0.4, -0.2) is 61.6 Å². The molecule has 9 heteroatoms. The zero-order valence-corrected chi connectivity index (χ0v) is 15.4. The van der Waals surface area contributed by atoms with Crippen molar-refractivity contribution in [1.29, 1.82) is 0 Å². The molecule has 1 aromatic rings. The van der Waals surface area contributed by atoms with Gasteiger partial charge in [-0.15, -0.1) is 0 Å². The summed E-state index contributed by atoms with van der Waals surface area (Å²) in [6.45, 7) is 1.83. The van der Waals surface area contributed by atoms with Crippen LogP contribution in [0.1, 0.15) is 24.8 Å². The molecule has 0 aliphatic carbocycles. The van der Waals surface area contributed by atoms with Gasteiger partial charge in [-0.2, -0.15) is 8.78 Å². The lowest BCUT2D eigenvalue weighted by atomic mass is 9.86. The summed E-state index contributed by atoms with van der Waals surface area (Å²) < 4.78 is 61.0. The third-order valence-electron chi connectivity index (χ3n) is 5.71. The second-order valence-electron chi connectivity index (χ2n) is 7.22. The molecule has 1 aromatic carbocycles. The van der Waals surface area contributed by atoms with E-state index in [2.05, 4.69) is 15.0 Å². The average Bonchev–Trinajstić information content (AvgIpc) is 2.83. The Morgan fingerprint density at radius 2 is 1.74 bits per heavy atom. The number of piperazine rings is 1. The number of carbonyl (C=O) groups is 1. The lowest BCUT2D eigenvalue weighted by Crippen LogP contribution is -2.60. The number of amides is 1. The zero-order valence-electron chi connectivity index (χ0n) is 15.4. The lowest BCUT2D eigenvalue weighted by Gasteiger charge is -2.49. The Bertz CT molecular complexity index is 717. The van der Waals surface area contributed by atoms with Crippen LogP contribution in [0.15, 0.2) is 0 Å². The Kier molecular flexibility index (Phi) is 5.62. The third kappa shape index (κ3) is 3.62. The van der Waals surface area contributed by atoms with Crippen molar-refractivity contribution >= 4 is 5.91 Å². The fraction of sp³-hybridized carbons (Fsp3) is 0.611. The summed E-state index contributed by atoms with van der Waals surface area (Å²) in [4.78, 5) is 15.6. The van der Waals surface area contributed by atoms with Gasteiger partial charge in [0.15, 0.2) is 17.4 Å². The van der Waals surface area contributed by atoms with Gasteiger partial charge in [0.1, 0.15) is 0 Å². The molecule has 2 fully saturated rings. The minimum Gasteiger partial charge on any atom is -0.491 e. The van der Waals surface area contributed by atoms with E-state index in [1.54, 1.807) is 4.90 Å². The Balaban J connectivity index is 1.85. The molecule has 3 rings (SSSR count). The topological polar surface area (TPSA) is 44.8 Å². The number of ether oxygens (including phenoxy) is 1. The Morgan fingerprint density at radius 1 is 1.07 bits per heavy atom. The van der Waals surface area contributed by atoms with E-state index < -0.39 is 34.6 Å². The third-order valence-corrected chi connectivity index (χ3v) is 5.71. The maximum absolute atomic E-state index is 14.3. The van der Waals surface area contributed by atoms with E-state index in [4.69, 9.17) is 0 Å². The van der Waals surface area contributed by atoms with E-state index in [0.717, 1.165) is 7.11 Å². The molecule has 0 radical (unpaired) electrons. The molecule has 2 aliphatic heterocycles. The molecule has 1 N–H and O–H groups in total. The van der Waals surface area contributed by atoms with Gasteiger partial charge < -0.3 is 10.1 Å². The van der Waals surface area contributed by atoms with Crippen LogP contribution in [0.25, 0.3) is 0 Å². The van der Waals surface area contributed by atoms with Crippen molar-refractivity contribution in [3.8, 4) is 5.75 Å². The van der Waals surface area contributed by atoms with Crippen LogP contribution in [0, 0.1) is 23.3 Å². The molecule has 2 saturated heterocycles. The average molecular weight is 389 g/mol. The number of nitrogens with zero attached hydrogens (tertiary/aromatic N) is 2. The highest BCUT2D eigenvalue weighted by atomic mass is 19.2. The molecule has 27 heavy (non-hydrogen) atoms. The summed E-state index contributed by atoms with van der Waals surface area (Å²) in [6.07, 6.45) is 1.68. The first-order chi connectivity index (χ1) is 12.8. The molecule has 0 saturated carbocycles. The van der Waals surface area contributed by atoms with Crippen LogP contribution in [0.5, 0.6) is 5.75 Å². The van der Waals surface area contributed by atoms with Gasteiger partial charge in [-0.25, -0.2) is 8.78 Å². The molecule has 1 spiro atoms. The van der Waals surface area contributed by atoms with E-state index in [0.29, 0.717) is 45.4 Å². The summed E-state index contributed by atoms with van der Waals surface area (Å²) >= 11 is 0. The van der Waals surface area contributed by atoms with Crippen molar-refractivity contribution in [3.05, 3.63) is 28.8 Å². The molecule has 0 unspecified atom stereocenters. The predicted octanol–water partition coefficient (Wildman–Crippen LogP) is 2.04. The molecular weight excluding hydrogens is 366 g/mol. The van der Waals surface area contributed by atoms with Gasteiger partial charge in [0, 0.05) is 50.2 Å². The molecule has 5 nitrogen and oxygen atoms in total. The van der Waals surface area contributed by atoms with Gasteiger partial charge in [0.25, 0.3) is 0 Å². The van der Waals surface area contributed by atoms with Gasteiger partial charge in [0.2, 0.25) is 17.5 Å². The number of hydrogen-bond acceptors (Lipinski definition) is 4. The molecule has 2 heterocycles. The minimum absolute atomic E-state index is 0.0196. The number of nitrogens with one attached hydrogen (secondary N) is 1. The highest BCUT2D eigenvalue weighted by molar-refractivity contribution is 5.76. The second kappa shape index (κ2) is 7.63. The number of hydrogen-bond donors (Lipinski definition) is 1. The fourth-order valence-electron chi connectivity index (χ4n) is 4.01. The molecule has 1 atom stereocenters. The monoisotopic (exact) mass is 389 g/mol. The summed E-state index contributed by atoms with van der Waals surface area (Å²) in [5.74, 6) is -7.00. The maximum atomic E-state index is 14.3. The minimum atomic E-state index is -1.53. The number of rotatable bonds is 3. The Morgan fingerprint density at radius 3 is 2.37 bits per heavy atom. The highest BCUT2D eigenvalue weighted by Crippen LogP contribution is 2.34. The Hall–Kier alpha value is -1.87.